The van der Waals surface area contributed by atoms with Gasteiger partial charge in [-0.05, 0) is 79.0 Å². The third-order valence-electron chi connectivity index (χ3n) is 7.35. The van der Waals surface area contributed by atoms with Crippen molar-refractivity contribution in [3.63, 3.8) is 0 Å². The van der Waals surface area contributed by atoms with Gasteiger partial charge >= 0.3 is 4.87 Å². The standard InChI is InChI=1S/C25H22ClFN2O2S2/c26-16-5-3-13(4-6-16)20-21-14-1-2-15(11-14)22(21)32-24-23(20)33-25(31)29(24)12-19(30)28-18-9-7-17(27)8-10-18/h3-10,14-15,20-22H,1-2,11-12H2,(H,28,30)/t14-,15-,20-,21-,22+/m0/s1. The van der Waals surface area contributed by atoms with E-state index in [0.29, 0.717) is 33.7 Å². The molecule has 0 saturated heterocycles. The van der Waals surface area contributed by atoms with E-state index in [9.17, 15) is 14.0 Å². The summed E-state index contributed by atoms with van der Waals surface area (Å²) >= 11 is 9.25. The number of nitrogens with zero attached hydrogens (tertiary/aromatic N) is 1. The van der Waals surface area contributed by atoms with Crippen molar-refractivity contribution >= 4 is 46.3 Å². The Morgan fingerprint density at radius 1 is 1.09 bits per heavy atom. The molecule has 3 aliphatic rings. The Morgan fingerprint density at radius 2 is 1.82 bits per heavy atom. The van der Waals surface area contributed by atoms with Crippen molar-refractivity contribution in [3.05, 3.63) is 79.5 Å². The van der Waals surface area contributed by atoms with E-state index in [1.54, 1.807) is 4.57 Å². The monoisotopic (exact) mass is 500 g/mol. The van der Waals surface area contributed by atoms with E-state index in [1.165, 1.54) is 60.4 Å². The number of hydrogen-bond acceptors (Lipinski definition) is 4. The van der Waals surface area contributed by atoms with Crippen molar-refractivity contribution in [1.29, 1.82) is 0 Å². The van der Waals surface area contributed by atoms with Crippen LogP contribution in [0.3, 0.4) is 0 Å². The number of anilines is 1. The maximum absolute atomic E-state index is 13.2. The average Bonchev–Trinajstić information content (AvgIpc) is 3.49. The SMILES string of the molecule is O=C(Cn1c2c(sc1=O)[C@@H](c1ccc(Cl)cc1)[C@@H]1[C@H]3CC[C@@H](C3)[C@H]1S2)Nc1ccc(F)cc1. The molecule has 1 amide bonds. The Morgan fingerprint density at radius 3 is 2.58 bits per heavy atom. The second kappa shape index (κ2) is 8.29. The molecule has 1 N–H and O–H groups in total. The van der Waals surface area contributed by atoms with Gasteiger partial charge in [0.05, 0.1) is 5.03 Å². The second-order valence-corrected chi connectivity index (χ2v) is 11.8. The van der Waals surface area contributed by atoms with Gasteiger partial charge < -0.3 is 5.32 Å². The fraction of sp³-hybridized carbons (Fsp3) is 0.360. The van der Waals surface area contributed by atoms with Gasteiger partial charge in [0.1, 0.15) is 12.4 Å². The van der Waals surface area contributed by atoms with E-state index in [0.717, 1.165) is 9.90 Å². The lowest BCUT2D eigenvalue weighted by atomic mass is 9.75. The molecular formula is C25H22ClFN2O2S2. The fourth-order valence-electron chi connectivity index (χ4n) is 6.01. The van der Waals surface area contributed by atoms with Crippen molar-refractivity contribution in [3.8, 4) is 0 Å². The molecule has 2 heterocycles. The van der Waals surface area contributed by atoms with E-state index >= 15 is 0 Å². The highest BCUT2D eigenvalue weighted by atomic mass is 35.5. The van der Waals surface area contributed by atoms with Crippen LogP contribution in [-0.4, -0.2) is 15.7 Å². The molecule has 3 aromatic rings. The molecule has 2 aliphatic carbocycles. The minimum atomic E-state index is -0.360. The molecule has 2 aromatic carbocycles. The van der Waals surface area contributed by atoms with Crippen molar-refractivity contribution < 1.29 is 9.18 Å². The molecule has 2 bridgehead atoms. The van der Waals surface area contributed by atoms with Crippen LogP contribution in [0.5, 0.6) is 0 Å². The Labute approximate surface area is 204 Å². The van der Waals surface area contributed by atoms with Gasteiger partial charge in [-0.2, -0.15) is 0 Å². The molecule has 33 heavy (non-hydrogen) atoms. The van der Waals surface area contributed by atoms with E-state index in [4.69, 9.17) is 11.6 Å². The van der Waals surface area contributed by atoms with Gasteiger partial charge in [-0.1, -0.05) is 35.1 Å². The summed E-state index contributed by atoms with van der Waals surface area (Å²) < 4.78 is 14.8. The lowest BCUT2D eigenvalue weighted by Crippen LogP contribution is -2.34. The summed E-state index contributed by atoms with van der Waals surface area (Å²) in [5.74, 6) is 1.39. The Kier molecular flexibility index (Phi) is 5.39. The van der Waals surface area contributed by atoms with Crippen LogP contribution in [0.1, 0.15) is 35.6 Å². The fourth-order valence-corrected chi connectivity index (χ4v) is 9.28. The summed E-state index contributed by atoms with van der Waals surface area (Å²) in [6.07, 6.45) is 3.78. The topological polar surface area (TPSA) is 51.1 Å². The Bertz CT molecular complexity index is 1270. The summed E-state index contributed by atoms with van der Waals surface area (Å²) in [5, 5.41) is 4.89. The number of thiazole rings is 1. The largest absolute Gasteiger partial charge is 0.325 e. The number of halogens is 2. The molecule has 2 fully saturated rings. The minimum absolute atomic E-state index is 0.0478. The van der Waals surface area contributed by atoms with Crippen molar-refractivity contribution in [1.82, 2.24) is 4.57 Å². The van der Waals surface area contributed by atoms with E-state index in [-0.39, 0.29) is 29.1 Å². The zero-order valence-corrected chi connectivity index (χ0v) is 20.1. The molecular weight excluding hydrogens is 479 g/mol. The number of carbonyl (C=O) groups excluding carboxylic acids is 1. The molecule has 4 nitrogen and oxygen atoms in total. The lowest BCUT2D eigenvalue weighted by molar-refractivity contribution is -0.116. The van der Waals surface area contributed by atoms with Crippen molar-refractivity contribution in [2.45, 2.75) is 42.0 Å². The first-order valence-electron chi connectivity index (χ1n) is 11.2. The molecule has 2 saturated carbocycles. The molecule has 1 aliphatic heterocycles. The summed E-state index contributed by atoms with van der Waals surface area (Å²) in [6, 6.07) is 13.7. The first kappa shape index (κ1) is 21.4. The van der Waals surface area contributed by atoms with Gasteiger partial charge in [0.15, 0.2) is 0 Å². The van der Waals surface area contributed by atoms with Crippen LogP contribution in [0, 0.1) is 23.6 Å². The first-order chi connectivity index (χ1) is 16.0. The Balaban J connectivity index is 1.36. The summed E-state index contributed by atoms with van der Waals surface area (Å²) in [5.41, 5.74) is 1.71. The predicted molar refractivity (Wildman–Crippen MR) is 131 cm³/mol. The average molecular weight is 501 g/mol. The van der Waals surface area contributed by atoms with Crippen LogP contribution in [0.15, 0.2) is 58.4 Å². The molecule has 0 radical (unpaired) electrons. The molecule has 8 heteroatoms. The van der Waals surface area contributed by atoms with Crippen LogP contribution >= 0.6 is 34.7 Å². The molecule has 170 valence electrons. The summed E-state index contributed by atoms with van der Waals surface area (Å²) in [6.45, 7) is -0.0478. The summed E-state index contributed by atoms with van der Waals surface area (Å²) in [4.78, 5) is 26.8. The predicted octanol–water partition coefficient (Wildman–Crippen LogP) is 5.99. The third-order valence-corrected chi connectivity index (χ3v) is 10.4. The highest BCUT2D eigenvalue weighted by Crippen LogP contribution is 2.64. The molecule has 6 rings (SSSR count). The highest BCUT2D eigenvalue weighted by molar-refractivity contribution is 8.00. The summed E-state index contributed by atoms with van der Waals surface area (Å²) in [7, 11) is 0. The van der Waals surface area contributed by atoms with Crippen LogP contribution in [0.2, 0.25) is 5.02 Å². The van der Waals surface area contributed by atoms with E-state index < -0.39 is 0 Å². The van der Waals surface area contributed by atoms with Gasteiger partial charge in [0.2, 0.25) is 5.91 Å². The molecule has 1 aromatic heterocycles. The molecule has 0 unspecified atom stereocenters. The van der Waals surface area contributed by atoms with Crippen LogP contribution < -0.4 is 10.2 Å². The maximum atomic E-state index is 13.2. The minimum Gasteiger partial charge on any atom is -0.325 e. The highest BCUT2D eigenvalue weighted by Gasteiger charge is 2.55. The zero-order chi connectivity index (χ0) is 22.7. The number of hydrogen-bond donors (Lipinski definition) is 1. The van der Waals surface area contributed by atoms with Crippen molar-refractivity contribution in [2.24, 2.45) is 17.8 Å². The van der Waals surface area contributed by atoms with Gasteiger partial charge in [0.25, 0.3) is 0 Å². The van der Waals surface area contributed by atoms with E-state index in [1.807, 2.05) is 23.9 Å². The molecule has 0 spiro atoms. The number of fused-ring (bicyclic) bond motifs is 6. The number of rotatable bonds is 4. The smallest absolute Gasteiger partial charge is 0.308 e. The van der Waals surface area contributed by atoms with Crippen LogP contribution in [0.4, 0.5) is 10.1 Å². The maximum Gasteiger partial charge on any atom is 0.308 e. The Hall–Kier alpha value is -2.09. The second-order valence-electron chi connectivity index (χ2n) is 9.20. The van der Waals surface area contributed by atoms with Crippen LogP contribution in [-0.2, 0) is 11.3 Å². The van der Waals surface area contributed by atoms with Gasteiger partial charge in [-0.25, -0.2) is 4.39 Å². The quantitative estimate of drug-likeness (QED) is 0.478. The van der Waals surface area contributed by atoms with Gasteiger partial charge in [0, 0.05) is 26.8 Å². The van der Waals surface area contributed by atoms with Crippen molar-refractivity contribution in [2.75, 3.05) is 5.32 Å². The first-order valence-corrected chi connectivity index (χ1v) is 13.3. The number of amides is 1. The third kappa shape index (κ3) is 3.74. The number of nitrogens with one attached hydrogen (secondary N) is 1. The number of benzene rings is 2. The number of thioether (sulfide) groups is 1. The van der Waals surface area contributed by atoms with Gasteiger partial charge in [-0.15, -0.1) is 11.8 Å². The zero-order valence-electron chi connectivity index (χ0n) is 17.7. The van der Waals surface area contributed by atoms with E-state index in [2.05, 4.69) is 17.4 Å². The van der Waals surface area contributed by atoms with Gasteiger partial charge in [-0.3, -0.25) is 14.2 Å². The van der Waals surface area contributed by atoms with Crippen LogP contribution in [0.25, 0.3) is 0 Å². The lowest BCUT2D eigenvalue weighted by Gasteiger charge is -2.40. The number of carbonyl (C=O) groups is 1. The number of aromatic nitrogens is 1. The normalized spacial score (nSPS) is 27.3. The molecule has 5 atom stereocenters.